The molecule has 0 aromatic carbocycles. The van der Waals surface area contributed by atoms with Gasteiger partial charge in [0.05, 0.1) is 0 Å². The third-order valence-corrected chi connectivity index (χ3v) is 1.55. The number of rotatable bonds is 2. The van der Waals surface area contributed by atoms with E-state index < -0.39 is 20.8 Å². The third kappa shape index (κ3) is 33.8. The molecule has 0 bridgehead atoms. The van der Waals surface area contributed by atoms with E-state index in [2.05, 4.69) is 3.63 Å². The Morgan fingerprint density at radius 3 is 1.08 bits per heavy atom. The molecule has 82 valence electrons. The van der Waals surface area contributed by atoms with Gasteiger partial charge in [-0.1, -0.05) is 0 Å². The second-order valence-electron chi connectivity index (χ2n) is 2.27. The van der Waals surface area contributed by atoms with Gasteiger partial charge < -0.3 is 4.90 Å². The molecule has 0 aliphatic rings. The fourth-order valence-corrected chi connectivity index (χ4v) is 0.978. The third-order valence-electron chi connectivity index (χ3n) is 0.172. The van der Waals surface area contributed by atoms with Crippen LogP contribution in [0.3, 0.4) is 0 Å². The Labute approximate surface area is 77.0 Å². The van der Waals surface area contributed by atoms with Crippen molar-refractivity contribution in [1.82, 2.24) is 4.90 Å². The van der Waals surface area contributed by atoms with Gasteiger partial charge in [0.15, 0.2) is 0 Å². The van der Waals surface area contributed by atoms with Gasteiger partial charge in [-0.25, -0.2) is 0 Å². The van der Waals surface area contributed by atoms with E-state index in [0.717, 1.165) is 0 Å². The molecule has 10 heteroatoms. The summed E-state index contributed by atoms with van der Waals surface area (Å²) in [7, 11) is -4.24. The van der Waals surface area contributed by atoms with E-state index in [0.29, 0.717) is 0 Å². The second-order valence-corrected chi connectivity index (χ2v) is 4.52. The van der Waals surface area contributed by atoms with Gasteiger partial charge in [0.25, 0.3) is 0 Å². The predicted molar refractivity (Wildman–Crippen MR) is 43.8 cm³/mol. The van der Waals surface area contributed by atoms with Crippen LogP contribution < -0.4 is 0 Å². The fourth-order valence-electron chi connectivity index (χ4n) is 0.109. The zero-order valence-electron chi connectivity index (χ0n) is 7.20. The molecule has 0 spiro atoms. The predicted octanol–water partition coefficient (Wildman–Crippen LogP) is -1.21. The first-order chi connectivity index (χ1) is 5.44. The van der Waals surface area contributed by atoms with Crippen LogP contribution in [0.4, 0.5) is 0 Å². The van der Waals surface area contributed by atoms with Gasteiger partial charge >= 0.3 is 20.8 Å². The van der Waals surface area contributed by atoms with Crippen molar-refractivity contribution in [2.24, 2.45) is 0 Å². The van der Waals surface area contributed by atoms with Crippen LogP contribution in [0, 0.1) is 0 Å². The normalized spacial score (nSPS) is 12.2. The molecule has 0 aromatic rings. The molecule has 0 heterocycles. The molecular weight excluding hydrogens is 226 g/mol. The molecule has 13 heavy (non-hydrogen) atoms. The highest BCUT2D eigenvalue weighted by molar-refractivity contribution is 7.94. The summed E-state index contributed by atoms with van der Waals surface area (Å²) in [5.74, 6) is 0. The standard InChI is InChI=1S/C3H9N.H2O7S2/c1-4(2)3;1-8(2,3)7-9(4,5)6/h1-3H3;(H,1,2,3)(H,4,5,6). The first-order valence-corrected chi connectivity index (χ1v) is 5.44. The number of nitrogens with zero attached hydrogens (tertiary/aromatic N) is 1. The lowest BCUT2D eigenvalue weighted by molar-refractivity contribution is 0.344. The van der Waals surface area contributed by atoms with E-state index in [1.807, 2.05) is 26.0 Å². The van der Waals surface area contributed by atoms with Crippen molar-refractivity contribution in [3.63, 3.8) is 0 Å². The van der Waals surface area contributed by atoms with Gasteiger partial charge in [0, 0.05) is 0 Å². The topological polar surface area (TPSA) is 121 Å². The lowest BCUT2D eigenvalue weighted by atomic mass is 11.0. The average molecular weight is 237 g/mol. The van der Waals surface area contributed by atoms with E-state index in [4.69, 9.17) is 9.11 Å². The van der Waals surface area contributed by atoms with Crippen LogP contribution in [0.1, 0.15) is 0 Å². The largest absolute Gasteiger partial charge is 0.413 e. The van der Waals surface area contributed by atoms with E-state index in [9.17, 15) is 16.8 Å². The molecule has 0 amide bonds. The summed E-state index contributed by atoms with van der Waals surface area (Å²) in [5.41, 5.74) is 0. The Morgan fingerprint density at radius 2 is 1.08 bits per heavy atom. The van der Waals surface area contributed by atoms with Crippen LogP contribution in [0.25, 0.3) is 0 Å². The first-order valence-electron chi connectivity index (χ1n) is 2.71. The summed E-state index contributed by atoms with van der Waals surface area (Å²) in [5, 5.41) is 0. The molecule has 8 nitrogen and oxygen atoms in total. The molecule has 0 rings (SSSR count). The summed E-state index contributed by atoms with van der Waals surface area (Å²) in [6, 6.07) is 0. The van der Waals surface area contributed by atoms with Crippen molar-refractivity contribution in [3.8, 4) is 0 Å². The first kappa shape index (κ1) is 15.2. The van der Waals surface area contributed by atoms with Crippen molar-refractivity contribution in [1.29, 1.82) is 0 Å². The van der Waals surface area contributed by atoms with Crippen molar-refractivity contribution in [3.05, 3.63) is 0 Å². The zero-order valence-corrected chi connectivity index (χ0v) is 8.83. The molecule has 0 saturated heterocycles. The summed E-state index contributed by atoms with van der Waals surface area (Å²) in [6.45, 7) is 0. The molecule has 0 aromatic heterocycles. The quantitative estimate of drug-likeness (QED) is 0.573. The monoisotopic (exact) mass is 237 g/mol. The Bertz CT molecular complexity index is 281. The fraction of sp³-hybridized carbons (Fsp3) is 1.00. The van der Waals surface area contributed by atoms with E-state index in [1.165, 1.54) is 0 Å². The molecule has 0 unspecified atom stereocenters. The van der Waals surface area contributed by atoms with Crippen molar-refractivity contribution in [2.75, 3.05) is 21.1 Å². The molecular formula is C3H11NO7S2. The Balaban J connectivity index is 0. The van der Waals surface area contributed by atoms with Gasteiger partial charge in [0.1, 0.15) is 0 Å². The van der Waals surface area contributed by atoms with Gasteiger partial charge in [-0.2, -0.15) is 16.8 Å². The van der Waals surface area contributed by atoms with Gasteiger partial charge in [-0.3, -0.25) is 9.11 Å². The molecule has 0 saturated carbocycles. The number of hydrogen-bond acceptors (Lipinski definition) is 6. The summed E-state index contributed by atoms with van der Waals surface area (Å²) < 4.78 is 55.6. The molecule has 0 radical (unpaired) electrons. The SMILES string of the molecule is CN(C)C.O=S(=O)(O)OS(=O)(=O)O. The highest BCUT2D eigenvalue weighted by Gasteiger charge is 2.15. The highest BCUT2D eigenvalue weighted by atomic mass is 32.3. The maximum atomic E-state index is 9.44. The smallest absolute Gasteiger partial charge is 0.312 e. The Hall–Kier alpha value is -0.260. The van der Waals surface area contributed by atoms with Crippen molar-refractivity contribution >= 4 is 20.8 Å². The van der Waals surface area contributed by atoms with Crippen LogP contribution >= 0.6 is 0 Å². The van der Waals surface area contributed by atoms with E-state index in [1.54, 1.807) is 0 Å². The summed E-state index contributed by atoms with van der Waals surface area (Å²) in [4.78, 5) is 2.00. The molecule has 0 aliphatic heterocycles. The maximum Gasteiger partial charge on any atom is 0.413 e. The van der Waals surface area contributed by atoms with Crippen LogP contribution in [0.5, 0.6) is 0 Å². The summed E-state index contributed by atoms with van der Waals surface area (Å²) in [6.07, 6.45) is 0. The van der Waals surface area contributed by atoms with Gasteiger partial charge in [-0.05, 0) is 21.1 Å². The minimum absolute atomic E-state index is 2.00. The summed E-state index contributed by atoms with van der Waals surface area (Å²) >= 11 is 0. The van der Waals surface area contributed by atoms with Crippen LogP contribution in [0.2, 0.25) is 0 Å². The minimum Gasteiger partial charge on any atom is -0.312 e. The second kappa shape index (κ2) is 5.47. The molecule has 0 atom stereocenters. The van der Waals surface area contributed by atoms with Crippen molar-refractivity contribution < 1.29 is 29.6 Å². The molecule has 2 N–H and O–H groups in total. The zero-order chi connectivity index (χ0) is 11.3. The Kier molecular flexibility index (Phi) is 6.40. The van der Waals surface area contributed by atoms with E-state index >= 15 is 0 Å². The van der Waals surface area contributed by atoms with Gasteiger partial charge in [0.2, 0.25) is 0 Å². The van der Waals surface area contributed by atoms with Crippen LogP contribution in [0.15, 0.2) is 0 Å². The van der Waals surface area contributed by atoms with Gasteiger partial charge in [-0.15, -0.1) is 3.63 Å². The molecule has 0 fully saturated rings. The van der Waals surface area contributed by atoms with Crippen LogP contribution in [-0.4, -0.2) is 52.0 Å². The maximum absolute atomic E-state index is 9.44. The lowest BCUT2D eigenvalue weighted by Gasteiger charge is -1.90. The minimum atomic E-state index is -5.12. The average Bonchev–Trinajstić information content (AvgIpc) is 1.47. The Morgan fingerprint density at radius 1 is 0.923 bits per heavy atom. The lowest BCUT2D eigenvalue weighted by Crippen LogP contribution is -2.10. The van der Waals surface area contributed by atoms with Crippen LogP contribution in [-0.2, 0) is 24.4 Å². The highest BCUT2D eigenvalue weighted by Crippen LogP contribution is 1.91. The number of hydrogen-bond donors (Lipinski definition) is 2. The van der Waals surface area contributed by atoms with E-state index in [-0.39, 0.29) is 0 Å². The van der Waals surface area contributed by atoms with Crippen molar-refractivity contribution in [2.45, 2.75) is 0 Å². The molecule has 0 aliphatic carbocycles.